The van der Waals surface area contributed by atoms with E-state index in [2.05, 4.69) is 10.1 Å². The summed E-state index contributed by atoms with van der Waals surface area (Å²) in [6.07, 6.45) is 1.17. The minimum atomic E-state index is -3.54. The third-order valence-electron chi connectivity index (χ3n) is 2.74. The van der Waals surface area contributed by atoms with Crippen LogP contribution < -0.4 is 0 Å². The zero-order valence-corrected chi connectivity index (χ0v) is 14.1. The van der Waals surface area contributed by atoms with Crippen LogP contribution in [0, 0.1) is 11.8 Å². The third-order valence-corrected chi connectivity index (χ3v) is 4.58. The van der Waals surface area contributed by atoms with Crippen LogP contribution in [0.15, 0.2) is 11.5 Å². The maximum atomic E-state index is 12.3. The molecule has 0 saturated heterocycles. The normalized spacial score (nSPS) is 12.1. The number of sulfone groups is 1. The fourth-order valence-corrected chi connectivity index (χ4v) is 3.37. The van der Waals surface area contributed by atoms with E-state index in [1.54, 1.807) is 18.7 Å². The first kappa shape index (κ1) is 17.6. The average Bonchev–Trinajstić information content (AvgIpc) is 2.83. The van der Waals surface area contributed by atoms with Gasteiger partial charge in [-0.15, -0.1) is 5.10 Å². The van der Waals surface area contributed by atoms with Gasteiger partial charge in [0.15, 0.2) is 0 Å². The van der Waals surface area contributed by atoms with Gasteiger partial charge in [0.05, 0.1) is 5.75 Å². The fraction of sp³-hybridized carbons (Fsp3) is 0.769. The molecule has 120 valence electrons. The van der Waals surface area contributed by atoms with E-state index in [0.717, 1.165) is 4.68 Å². The summed E-state index contributed by atoms with van der Waals surface area (Å²) in [4.78, 5) is 17.6. The lowest BCUT2D eigenvalue weighted by Crippen LogP contribution is -2.37. The molecular weight excluding hydrogens is 292 g/mol. The van der Waals surface area contributed by atoms with E-state index in [-0.39, 0.29) is 22.9 Å². The summed E-state index contributed by atoms with van der Waals surface area (Å²) in [6, 6.07) is -0.357. The van der Waals surface area contributed by atoms with Gasteiger partial charge < -0.3 is 4.90 Å². The SMILES string of the molecule is CCN(CC(C)C)C(=O)n1cnc(S(=O)(=O)CC(C)C)n1. The van der Waals surface area contributed by atoms with Crippen molar-refractivity contribution in [2.75, 3.05) is 18.8 Å². The summed E-state index contributed by atoms with van der Waals surface area (Å²) in [7, 11) is -3.54. The van der Waals surface area contributed by atoms with Gasteiger partial charge in [0.25, 0.3) is 5.16 Å². The van der Waals surface area contributed by atoms with Gasteiger partial charge in [0.1, 0.15) is 6.33 Å². The van der Waals surface area contributed by atoms with E-state index < -0.39 is 9.84 Å². The highest BCUT2D eigenvalue weighted by atomic mass is 32.2. The molecule has 0 N–H and O–H groups in total. The van der Waals surface area contributed by atoms with Crippen molar-refractivity contribution in [3.63, 3.8) is 0 Å². The molecule has 7 nitrogen and oxygen atoms in total. The lowest BCUT2D eigenvalue weighted by atomic mass is 10.2. The maximum Gasteiger partial charge on any atom is 0.346 e. The number of carbonyl (C=O) groups excluding carboxylic acids is 1. The molecule has 1 aromatic rings. The molecule has 0 unspecified atom stereocenters. The highest BCUT2D eigenvalue weighted by molar-refractivity contribution is 7.91. The van der Waals surface area contributed by atoms with Gasteiger partial charge >= 0.3 is 6.03 Å². The van der Waals surface area contributed by atoms with Crippen molar-refractivity contribution >= 4 is 15.9 Å². The van der Waals surface area contributed by atoms with Crippen molar-refractivity contribution < 1.29 is 13.2 Å². The molecule has 1 aromatic heterocycles. The van der Waals surface area contributed by atoms with Crippen molar-refractivity contribution in [1.29, 1.82) is 0 Å². The van der Waals surface area contributed by atoms with E-state index in [1.807, 2.05) is 20.8 Å². The van der Waals surface area contributed by atoms with E-state index in [9.17, 15) is 13.2 Å². The van der Waals surface area contributed by atoms with Crippen LogP contribution in [0.5, 0.6) is 0 Å². The Morgan fingerprint density at radius 3 is 2.38 bits per heavy atom. The van der Waals surface area contributed by atoms with E-state index in [0.29, 0.717) is 19.0 Å². The first-order valence-electron chi connectivity index (χ1n) is 7.11. The number of rotatable bonds is 6. The molecule has 0 spiro atoms. The molecule has 1 heterocycles. The molecule has 0 aliphatic heterocycles. The lowest BCUT2D eigenvalue weighted by molar-refractivity contribution is 0.192. The topological polar surface area (TPSA) is 85.2 Å². The van der Waals surface area contributed by atoms with Crippen LogP contribution in [0.25, 0.3) is 0 Å². The Hall–Kier alpha value is -1.44. The molecule has 1 amide bonds. The Labute approximate surface area is 126 Å². The minimum absolute atomic E-state index is 0.0225. The maximum absolute atomic E-state index is 12.3. The molecule has 8 heteroatoms. The van der Waals surface area contributed by atoms with Crippen molar-refractivity contribution in [1.82, 2.24) is 19.7 Å². The number of carbonyl (C=O) groups is 1. The highest BCUT2D eigenvalue weighted by Gasteiger charge is 2.24. The van der Waals surface area contributed by atoms with Gasteiger partial charge in [-0.2, -0.15) is 4.68 Å². The Balaban J connectivity index is 2.95. The standard InChI is InChI=1S/C13H24N4O3S/c1-6-16(7-10(2)3)13(18)17-9-14-12(15-17)21(19,20)8-11(4)5/h9-11H,6-8H2,1-5H3. The molecule has 21 heavy (non-hydrogen) atoms. The van der Waals surface area contributed by atoms with Crippen LogP contribution in [0.3, 0.4) is 0 Å². The number of nitrogens with zero attached hydrogens (tertiary/aromatic N) is 4. The Bertz CT molecular complexity index is 578. The quantitative estimate of drug-likeness (QED) is 0.796. The molecule has 0 radical (unpaired) electrons. The van der Waals surface area contributed by atoms with Crippen LogP contribution in [0.4, 0.5) is 4.79 Å². The van der Waals surface area contributed by atoms with Crippen LogP contribution in [0.2, 0.25) is 0 Å². The zero-order valence-electron chi connectivity index (χ0n) is 13.3. The summed E-state index contributed by atoms with van der Waals surface area (Å²) in [5.74, 6) is 0.265. The summed E-state index contributed by atoms with van der Waals surface area (Å²) >= 11 is 0. The molecule has 0 bridgehead atoms. The second-order valence-electron chi connectivity index (χ2n) is 5.86. The van der Waals surface area contributed by atoms with Crippen molar-refractivity contribution in [3.05, 3.63) is 6.33 Å². The predicted octanol–water partition coefficient (Wildman–Crippen LogP) is 1.65. The second-order valence-corrected chi connectivity index (χ2v) is 7.79. The monoisotopic (exact) mass is 316 g/mol. The first-order chi connectivity index (χ1) is 9.67. The predicted molar refractivity (Wildman–Crippen MR) is 79.8 cm³/mol. The van der Waals surface area contributed by atoms with Gasteiger partial charge in [-0.05, 0) is 18.8 Å². The van der Waals surface area contributed by atoms with Gasteiger partial charge in [-0.25, -0.2) is 18.2 Å². The first-order valence-corrected chi connectivity index (χ1v) is 8.76. The summed E-state index contributed by atoms with van der Waals surface area (Å²) < 4.78 is 25.1. The Morgan fingerprint density at radius 2 is 1.90 bits per heavy atom. The van der Waals surface area contributed by atoms with Crippen LogP contribution in [0.1, 0.15) is 34.6 Å². The van der Waals surface area contributed by atoms with Crippen LogP contribution >= 0.6 is 0 Å². The van der Waals surface area contributed by atoms with Crippen molar-refractivity contribution in [2.45, 2.75) is 39.8 Å². The van der Waals surface area contributed by atoms with Crippen LogP contribution in [-0.4, -0.2) is 53.0 Å². The lowest BCUT2D eigenvalue weighted by Gasteiger charge is -2.21. The smallest absolute Gasteiger partial charge is 0.323 e. The number of hydrogen-bond acceptors (Lipinski definition) is 5. The molecule has 1 rings (SSSR count). The number of hydrogen-bond donors (Lipinski definition) is 0. The minimum Gasteiger partial charge on any atom is -0.323 e. The molecule has 0 atom stereocenters. The molecule has 0 aliphatic rings. The van der Waals surface area contributed by atoms with Gasteiger partial charge in [-0.1, -0.05) is 27.7 Å². The fourth-order valence-electron chi connectivity index (χ4n) is 1.92. The summed E-state index contributed by atoms with van der Waals surface area (Å²) in [5, 5.41) is 3.55. The Kier molecular flexibility index (Phi) is 5.88. The van der Waals surface area contributed by atoms with Crippen molar-refractivity contribution in [2.24, 2.45) is 11.8 Å². The van der Waals surface area contributed by atoms with E-state index in [1.165, 1.54) is 6.33 Å². The molecule has 0 fully saturated rings. The van der Waals surface area contributed by atoms with E-state index in [4.69, 9.17) is 0 Å². The number of amides is 1. The highest BCUT2D eigenvalue weighted by Crippen LogP contribution is 2.09. The van der Waals surface area contributed by atoms with Gasteiger partial charge in [-0.3, -0.25) is 0 Å². The van der Waals surface area contributed by atoms with Gasteiger partial charge in [0, 0.05) is 13.1 Å². The third kappa shape index (κ3) is 4.80. The summed E-state index contributed by atoms with van der Waals surface area (Å²) in [6.45, 7) is 10.6. The van der Waals surface area contributed by atoms with E-state index >= 15 is 0 Å². The van der Waals surface area contributed by atoms with Crippen molar-refractivity contribution in [3.8, 4) is 0 Å². The van der Waals surface area contributed by atoms with Gasteiger partial charge in [0.2, 0.25) is 9.84 Å². The number of aromatic nitrogens is 3. The van der Waals surface area contributed by atoms with Crippen LogP contribution in [-0.2, 0) is 9.84 Å². The average molecular weight is 316 g/mol. The second kappa shape index (κ2) is 7.02. The Morgan fingerprint density at radius 1 is 1.29 bits per heavy atom. The summed E-state index contributed by atoms with van der Waals surface area (Å²) in [5.41, 5.74) is 0. The molecule has 0 aromatic carbocycles. The molecule has 0 aliphatic carbocycles. The zero-order chi connectivity index (χ0) is 16.2. The molecular formula is C13H24N4O3S. The largest absolute Gasteiger partial charge is 0.346 e. The molecule has 0 saturated carbocycles.